The van der Waals surface area contributed by atoms with Crippen molar-refractivity contribution < 1.29 is 13.9 Å². The number of carbonyl (C=O) groups excluding carboxylic acids is 1. The second kappa shape index (κ2) is 6.95. The summed E-state index contributed by atoms with van der Waals surface area (Å²) in [7, 11) is 0. The Morgan fingerprint density at radius 3 is 2.58 bits per heavy atom. The molecule has 4 rings (SSSR count). The van der Waals surface area contributed by atoms with E-state index in [1.54, 1.807) is 18.3 Å². The number of morpholine rings is 1. The van der Waals surface area contributed by atoms with E-state index in [0.29, 0.717) is 44.4 Å². The van der Waals surface area contributed by atoms with E-state index >= 15 is 0 Å². The molecule has 26 heavy (non-hydrogen) atoms. The molecule has 2 fully saturated rings. The number of hydrogen-bond donors (Lipinski definition) is 0. The van der Waals surface area contributed by atoms with Gasteiger partial charge in [-0.05, 0) is 25.0 Å². The van der Waals surface area contributed by atoms with E-state index in [2.05, 4.69) is 15.0 Å². The minimum atomic E-state index is -0.446. The highest BCUT2D eigenvalue weighted by Gasteiger charge is 2.41. The van der Waals surface area contributed by atoms with Gasteiger partial charge in [0.2, 0.25) is 5.95 Å². The van der Waals surface area contributed by atoms with Gasteiger partial charge in [0, 0.05) is 25.8 Å². The van der Waals surface area contributed by atoms with Gasteiger partial charge in [-0.25, -0.2) is 14.4 Å². The van der Waals surface area contributed by atoms with Crippen LogP contribution in [0.25, 0.3) is 0 Å². The molecule has 0 radical (unpaired) electrons. The Kier molecular flexibility index (Phi) is 4.50. The fourth-order valence-corrected chi connectivity index (χ4v) is 3.56. The maximum absolute atomic E-state index is 13.0. The quantitative estimate of drug-likeness (QED) is 0.812. The van der Waals surface area contributed by atoms with Crippen molar-refractivity contribution in [3.63, 3.8) is 0 Å². The summed E-state index contributed by atoms with van der Waals surface area (Å²) in [6.45, 7) is 3.12. The Bertz CT molecular complexity index is 763. The van der Waals surface area contributed by atoms with Crippen LogP contribution in [0.5, 0.6) is 0 Å². The van der Waals surface area contributed by atoms with E-state index in [1.807, 2.05) is 15.9 Å². The van der Waals surface area contributed by atoms with Crippen LogP contribution in [0.2, 0.25) is 0 Å². The molecule has 0 aliphatic carbocycles. The second-order valence-electron chi connectivity index (χ2n) is 6.66. The van der Waals surface area contributed by atoms with Gasteiger partial charge in [0.25, 0.3) is 5.91 Å². The number of hydrogen-bond acceptors (Lipinski definition) is 6. The average molecular weight is 357 g/mol. The fourth-order valence-electron chi connectivity index (χ4n) is 3.56. The molecule has 0 atom stereocenters. The fraction of sp³-hybridized carbons (Fsp3) is 0.444. The minimum Gasteiger partial charge on any atom is -0.371 e. The Labute approximate surface area is 150 Å². The maximum atomic E-state index is 13.0. The number of nitrogens with zero attached hydrogens (tertiary/aromatic N) is 5. The number of likely N-dealkylation sites (tertiary alicyclic amines) is 1. The summed E-state index contributed by atoms with van der Waals surface area (Å²) in [5.74, 6) is 0.0223. The number of pyridine rings is 1. The molecular formula is C18H20FN5O2. The number of rotatable bonds is 2. The molecule has 2 aromatic heterocycles. The van der Waals surface area contributed by atoms with E-state index in [4.69, 9.17) is 4.74 Å². The van der Waals surface area contributed by atoms with Gasteiger partial charge in [-0.3, -0.25) is 9.78 Å². The van der Waals surface area contributed by atoms with Crippen LogP contribution in [0.4, 0.5) is 10.3 Å². The largest absolute Gasteiger partial charge is 0.371 e. The maximum Gasteiger partial charge on any atom is 0.272 e. The standard InChI is InChI=1S/C18H20FN5O2/c19-14-11-21-17(22-12-14)24-9-10-26-18(13-24)4-7-23(8-5-18)16(25)15-3-1-2-6-20-15/h1-3,6,11-12H,4-5,7-10,13H2. The predicted molar refractivity (Wildman–Crippen MR) is 92.3 cm³/mol. The minimum absolute atomic E-state index is 0.0463. The van der Waals surface area contributed by atoms with E-state index in [1.165, 1.54) is 12.4 Å². The zero-order chi connectivity index (χ0) is 18.0. The van der Waals surface area contributed by atoms with Gasteiger partial charge >= 0.3 is 0 Å². The number of amides is 1. The van der Waals surface area contributed by atoms with Gasteiger partial charge in [0.05, 0.1) is 31.1 Å². The zero-order valence-corrected chi connectivity index (χ0v) is 14.3. The molecule has 0 bridgehead atoms. The van der Waals surface area contributed by atoms with Gasteiger partial charge in [0.15, 0.2) is 5.82 Å². The molecule has 2 aliphatic rings. The topological polar surface area (TPSA) is 71.5 Å². The molecule has 4 heterocycles. The smallest absolute Gasteiger partial charge is 0.272 e. The highest BCUT2D eigenvalue weighted by atomic mass is 19.1. The van der Waals surface area contributed by atoms with Crippen LogP contribution in [-0.4, -0.2) is 64.1 Å². The third kappa shape index (κ3) is 3.37. The van der Waals surface area contributed by atoms with Crippen molar-refractivity contribution in [1.29, 1.82) is 0 Å². The lowest BCUT2D eigenvalue weighted by Crippen LogP contribution is -2.58. The third-order valence-corrected chi connectivity index (χ3v) is 4.98. The summed E-state index contributed by atoms with van der Waals surface area (Å²) in [5, 5.41) is 0. The lowest BCUT2D eigenvalue weighted by Gasteiger charge is -2.47. The first-order chi connectivity index (χ1) is 12.7. The van der Waals surface area contributed by atoms with E-state index in [0.717, 1.165) is 12.8 Å². The highest BCUT2D eigenvalue weighted by Crippen LogP contribution is 2.31. The zero-order valence-electron chi connectivity index (χ0n) is 14.3. The van der Waals surface area contributed by atoms with Crippen LogP contribution in [0.15, 0.2) is 36.8 Å². The molecule has 0 saturated carbocycles. The summed E-state index contributed by atoms with van der Waals surface area (Å²) in [4.78, 5) is 28.7. The molecule has 136 valence electrons. The van der Waals surface area contributed by atoms with E-state index in [-0.39, 0.29) is 11.5 Å². The van der Waals surface area contributed by atoms with Crippen LogP contribution >= 0.6 is 0 Å². The summed E-state index contributed by atoms with van der Waals surface area (Å²) in [6.07, 6.45) is 5.47. The van der Waals surface area contributed by atoms with Crippen LogP contribution in [-0.2, 0) is 4.74 Å². The number of ether oxygens (including phenoxy) is 1. The summed E-state index contributed by atoms with van der Waals surface area (Å²) in [6, 6.07) is 5.35. The number of piperidine rings is 1. The van der Waals surface area contributed by atoms with Crippen molar-refractivity contribution in [3.8, 4) is 0 Å². The third-order valence-electron chi connectivity index (χ3n) is 4.98. The molecule has 1 spiro atoms. The SMILES string of the molecule is O=C(c1ccccn1)N1CCC2(CC1)CN(c1ncc(F)cn1)CCO2. The lowest BCUT2D eigenvalue weighted by atomic mass is 9.89. The lowest BCUT2D eigenvalue weighted by molar-refractivity contribution is -0.0872. The first-order valence-electron chi connectivity index (χ1n) is 8.72. The highest BCUT2D eigenvalue weighted by molar-refractivity contribution is 5.92. The molecule has 2 aliphatic heterocycles. The Morgan fingerprint density at radius 2 is 1.88 bits per heavy atom. The molecule has 0 unspecified atom stereocenters. The summed E-state index contributed by atoms with van der Waals surface area (Å²) < 4.78 is 19.1. The molecule has 7 nitrogen and oxygen atoms in total. The number of anilines is 1. The van der Waals surface area contributed by atoms with Gasteiger partial charge in [-0.2, -0.15) is 0 Å². The average Bonchev–Trinajstić information content (AvgIpc) is 2.69. The van der Waals surface area contributed by atoms with Crippen molar-refractivity contribution in [1.82, 2.24) is 19.9 Å². The molecule has 2 saturated heterocycles. The molecule has 0 N–H and O–H groups in total. The van der Waals surface area contributed by atoms with Crippen molar-refractivity contribution in [2.45, 2.75) is 18.4 Å². The molecule has 1 amide bonds. The van der Waals surface area contributed by atoms with Gasteiger partial charge in [-0.1, -0.05) is 6.07 Å². The molecule has 8 heteroatoms. The number of aromatic nitrogens is 3. The van der Waals surface area contributed by atoms with Gasteiger partial charge in [0.1, 0.15) is 5.69 Å². The Morgan fingerprint density at radius 1 is 1.12 bits per heavy atom. The van der Waals surface area contributed by atoms with E-state index < -0.39 is 5.82 Å². The molecular weight excluding hydrogens is 337 g/mol. The molecule has 2 aromatic rings. The van der Waals surface area contributed by atoms with Crippen LogP contribution < -0.4 is 4.90 Å². The first-order valence-corrected chi connectivity index (χ1v) is 8.72. The first kappa shape index (κ1) is 16.8. The van der Waals surface area contributed by atoms with Crippen LogP contribution in [0.3, 0.4) is 0 Å². The molecule has 0 aromatic carbocycles. The second-order valence-corrected chi connectivity index (χ2v) is 6.66. The van der Waals surface area contributed by atoms with Crippen molar-refractivity contribution in [2.24, 2.45) is 0 Å². The normalized spacial score (nSPS) is 19.6. The Hall–Kier alpha value is -2.61. The van der Waals surface area contributed by atoms with Crippen LogP contribution in [0.1, 0.15) is 23.3 Å². The van der Waals surface area contributed by atoms with Crippen molar-refractivity contribution >= 4 is 11.9 Å². The van der Waals surface area contributed by atoms with Gasteiger partial charge < -0.3 is 14.5 Å². The Balaban J connectivity index is 1.41. The van der Waals surface area contributed by atoms with Crippen molar-refractivity contribution in [3.05, 3.63) is 48.3 Å². The number of halogens is 1. The summed E-state index contributed by atoms with van der Waals surface area (Å²) in [5.41, 5.74) is 0.144. The van der Waals surface area contributed by atoms with Crippen LogP contribution in [0, 0.1) is 5.82 Å². The van der Waals surface area contributed by atoms with Crippen molar-refractivity contribution in [2.75, 3.05) is 37.7 Å². The predicted octanol–water partition coefficient (Wildman–Crippen LogP) is 1.52. The summed E-state index contributed by atoms with van der Waals surface area (Å²) >= 11 is 0. The monoisotopic (exact) mass is 357 g/mol. The van der Waals surface area contributed by atoms with Gasteiger partial charge in [-0.15, -0.1) is 0 Å². The van der Waals surface area contributed by atoms with E-state index in [9.17, 15) is 9.18 Å². The number of carbonyl (C=O) groups is 1.